The first-order valence-electron chi connectivity index (χ1n) is 3.75. The van der Waals surface area contributed by atoms with Crippen molar-refractivity contribution in [3.63, 3.8) is 0 Å². The zero-order valence-corrected chi connectivity index (χ0v) is 6.93. The summed E-state index contributed by atoms with van der Waals surface area (Å²) in [5, 5.41) is 8.51. The van der Waals surface area contributed by atoms with Crippen molar-refractivity contribution in [3.8, 4) is 0 Å². The number of hydrogen-bond donors (Lipinski definition) is 2. The van der Waals surface area contributed by atoms with E-state index in [-0.39, 0.29) is 18.6 Å². The van der Waals surface area contributed by atoms with Crippen LogP contribution in [0.25, 0.3) is 0 Å². The number of nitrogens with zero attached hydrogens (tertiary/aromatic N) is 1. The van der Waals surface area contributed by atoms with Crippen LogP contribution in [0.1, 0.15) is 5.69 Å². The minimum absolute atomic E-state index is 0.156. The average molecular weight is 182 g/mol. The minimum atomic E-state index is -1.05. The van der Waals surface area contributed by atoms with Crippen molar-refractivity contribution in [1.82, 2.24) is 4.57 Å². The van der Waals surface area contributed by atoms with Crippen molar-refractivity contribution in [2.45, 2.75) is 13.1 Å². The van der Waals surface area contributed by atoms with Crippen LogP contribution >= 0.6 is 0 Å². The second-order valence-corrected chi connectivity index (χ2v) is 2.54. The van der Waals surface area contributed by atoms with Crippen molar-refractivity contribution in [2.75, 3.05) is 0 Å². The van der Waals surface area contributed by atoms with Crippen LogP contribution in [-0.2, 0) is 17.9 Å². The van der Waals surface area contributed by atoms with Gasteiger partial charge in [0.1, 0.15) is 6.54 Å². The van der Waals surface area contributed by atoms with E-state index in [2.05, 4.69) is 0 Å². The number of aliphatic carboxylic acids is 1. The molecule has 0 unspecified atom stereocenters. The lowest BCUT2D eigenvalue weighted by Crippen LogP contribution is -2.27. The summed E-state index contributed by atoms with van der Waals surface area (Å²) in [6, 6.07) is 4.50. The van der Waals surface area contributed by atoms with Gasteiger partial charge in [-0.25, -0.2) is 0 Å². The zero-order valence-electron chi connectivity index (χ0n) is 6.93. The maximum absolute atomic E-state index is 11.2. The van der Waals surface area contributed by atoms with Crippen molar-refractivity contribution < 1.29 is 9.90 Å². The van der Waals surface area contributed by atoms with E-state index in [0.29, 0.717) is 5.69 Å². The van der Waals surface area contributed by atoms with Gasteiger partial charge in [-0.3, -0.25) is 9.59 Å². The van der Waals surface area contributed by atoms with Crippen LogP contribution < -0.4 is 11.3 Å². The monoisotopic (exact) mass is 182 g/mol. The number of carboxylic acid groups (broad SMARTS) is 1. The summed E-state index contributed by atoms with van der Waals surface area (Å²) >= 11 is 0. The maximum atomic E-state index is 11.2. The fourth-order valence-corrected chi connectivity index (χ4v) is 1.06. The standard InChI is InChI=1S/C8H10N2O3/c9-4-6-2-1-3-7(11)10(6)5-8(12)13/h1-3H,4-5,9H2,(H,12,13). The lowest BCUT2D eigenvalue weighted by molar-refractivity contribution is -0.137. The molecule has 0 fully saturated rings. The minimum Gasteiger partial charge on any atom is -0.480 e. The highest BCUT2D eigenvalue weighted by atomic mass is 16.4. The summed E-state index contributed by atoms with van der Waals surface area (Å²) in [5.74, 6) is -1.05. The molecule has 0 amide bonds. The maximum Gasteiger partial charge on any atom is 0.323 e. The van der Waals surface area contributed by atoms with Crippen LogP contribution in [0.15, 0.2) is 23.0 Å². The van der Waals surface area contributed by atoms with E-state index in [0.717, 1.165) is 4.57 Å². The first kappa shape index (κ1) is 9.47. The van der Waals surface area contributed by atoms with Crippen LogP contribution in [-0.4, -0.2) is 15.6 Å². The van der Waals surface area contributed by atoms with Crippen molar-refractivity contribution >= 4 is 5.97 Å². The van der Waals surface area contributed by atoms with E-state index in [9.17, 15) is 9.59 Å². The second kappa shape index (κ2) is 3.86. The molecule has 0 aliphatic carbocycles. The van der Waals surface area contributed by atoms with E-state index in [1.807, 2.05) is 0 Å². The molecule has 5 nitrogen and oxygen atoms in total. The van der Waals surface area contributed by atoms with E-state index in [1.54, 1.807) is 12.1 Å². The molecule has 0 aliphatic rings. The number of nitrogens with two attached hydrogens (primary N) is 1. The summed E-state index contributed by atoms with van der Waals surface area (Å²) in [7, 11) is 0. The predicted molar refractivity (Wildman–Crippen MR) is 46.2 cm³/mol. The van der Waals surface area contributed by atoms with Crippen molar-refractivity contribution in [1.29, 1.82) is 0 Å². The van der Waals surface area contributed by atoms with Crippen LogP contribution in [0, 0.1) is 0 Å². The molecule has 0 saturated heterocycles. The molecule has 0 spiro atoms. The topological polar surface area (TPSA) is 85.3 Å². The first-order chi connectivity index (χ1) is 6.15. The zero-order chi connectivity index (χ0) is 9.84. The number of pyridine rings is 1. The summed E-state index contributed by atoms with van der Waals surface area (Å²) < 4.78 is 1.14. The van der Waals surface area contributed by atoms with Crippen molar-refractivity contribution in [2.24, 2.45) is 5.73 Å². The van der Waals surface area contributed by atoms with Crippen molar-refractivity contribution in [3.05, 3.63) is 34.2 Å². The smallest absolute Gasteiger partial charge is 0.323 e. The fourth-order valence-electron chi connectivity index (χ4n) is 1.06. The van der Waals surface area contributed by atoms with Gasteiger partial charge in [-0.1, -0.05) is 6.07 Å². The lowest BCUT2D eigenvalue weighted by atomic mass is 10.3. The molecular weight excluding hydrogens is 172 g/mol. The summed E-state index contributed by atoms with van der Waals surface area (Å²) in [6.45, 7) is -0.185. The molecule has 1 aromatic heterocycles. The Kier molecular flexibility index (Phi) is 2.81. The Labute approximate surface area is 74.4 Å². The molecule has 70 valence electrons. The van der Waals surface area contributed by atoms with Crippen LogP contribution in [0.3, 0.4) is 0 Å². The van der Waals surface area contributed by atoms with Gasteiger partial charge in [-0.15, -0.1) is 0 Å². The number of carboxylic acids is 1. The van der Waals surface area contributed by atoms with Gasteiger partial charge in [0.2, 0.25) is 0 Å². The Balaban J connectivity index is 3.15. The van der Waals surface area contributed by atoms with Crippen LogP contribution in [0.5, 0.6) is 0 Å². The second-order valence-electron chi connectivity index (χ2n) is 2.54. The first-order valence-corrected chi connectivity index (χ1v) is 3.75. The van der Waals surface area contributed by atoms with E-state index < -0.39 is 5.97 Å². The van der Waals surface area contributed by atoms with Gasteiger partial charge in [0.15, 0.2) is 0 Å². The fraction of sp³-hybridized carbons (Fsp3) is 0.250. The highest BCUT2D eigenvalue weighted by Crippen LogP contribution is 1.94. The third-order valence-corrected chi connectivity index (χ3v) is 1.64. The summed E-state index contributed by atoms with van der Waals surface area (Å²) in [4.78, 5) is 21.6. The van der Waals surface area contributed by atoms with Gasteiger partial charge in [-0.2, -0.15) is 0 Å². The Morgan fingerprint density at radius 3 is 2.77 bits per heavy atom. The normalized spacial score (nSPS) is 9.92. The molecule has 1 rings (SSSR count). The lowest BCUT2D eigenvalue weighted by Gasteiger charge is -2.07. The molecule has 5 heteroatoms. The molecule has 13 heavy (non-hydrogen) atoms. The van der Waals surface area contributed by atoms with Gasteiger partial charge in [0.25, 0.3) is 5.56 Å². The molecule has 1 aromatic rings. The van der Waals surface area contributed by atoms with Crippen LogP contribution in [0.4, 0.5) is 0 Å². The SMILES string of the molecule is NCc1cccc(=O)n1CC(=O)O. The number of carbonyl (C=O) groups is 1. The molecule has 0 aliphatic heterocycles. The van der Waals surface area contributed by atoms with Gasteiger partial charge >= 0.3 is 5.97 Å². The molecule has 0 aromatic carbocycles. The summed E-state index contributed by atoms with van der Waals surface area (Å²) in [5.41, 5.74) is 5.52. The van der Waals surface area contributed by atoms with Gasteiger partial charge in [0.05, 0.1) is 0 Å². The molecular formula is C8H10N2O3. The van der Waals surface area contributed by atoms with Gasteiger partial charge < -0.3 is 15.4 Å². The Morgan fingerprint density at radius 2 is 2.23 bits per heavy atom. The Morgan fingerprint density at radius 1 is 1.54 bits per heavy atom. The highest BCUT2D eigenvalue weighted by molar-refractivity contribution is 5.66. The quantitative estimate of drug-likeness (QED) is 0.653. The molecule has 0 bridgehead atoms. The van der Waals surface area contributed by atoms with Gasteiger partial charge in [0, 0.05) is 18.3 Å². The number of aromatic nitrogens is 1. The van der Waals surface area contributed by atoms with E-state index in [4.69, 9.17) is 10.8 Å². The summed E-state index contributed by atoms with van der Waals surface area (Å²) in [6.07, 6.45) is 0. The van der Waals surface area contributed by atoms with E-state index in [1.165, 1.54) is 6.07 Å². The largest absolute Gasteiger partial charge is 0.480 e. The third kappa shape index (κ3) is 2.16. The molecule has 0 saturated carbocycles. The average Bonchev–Trinajstić information content (AvgIpc) is 2.08. The van der Waals surface area contributed by atoms with E-state index >= 15 is 0 Å². The third-order valence-electron chi connectivity index (χ3n) is 1.64. The number of hydrogen-bond acceptors (Lipinski definition) is 3. The molecule has 0 atom stereocenters. The molecule has 0 radical (unpaired) electrons. The van der Waals surface area contributed by atoms with Gasteiger partial charge in [-0.05, 0) is 6.07 Å². The molecule has 1 heterocycles. The molecule has 3 N–H and O–H groups in total. The number of rotatable bonds is 3. The Bertz CT molecular complexity index is 370. The Hall–Kier alpha value is -1.62. The highest BCUT2D eigenvalue weighted by Gasteiger charge is 2.05. The predicted octanol–water partition coefficient (Wildman–Crippen LogP) is -0.608. The van der Waals surface area contributed by atoms with Crippen LogP contribution in [0.2, 0.25) is 0 Å².